The van der Waals surface area contributed by atoms with Gasteiger partial charge in [-0.2, -0.15) is 0 Å². The lowest BCUT2D eigenvalue weighted by molar-refractivity contribution is -0.156. The van der Waals surface area contributed by atoms with Crippen molar-refractivity contribution < 1.29 is 14.3 Å². The van der Waals surface area contributed by atoms with Crippen molar-refractivity contribution in [3.63, 3.8) is 0 Å². The van der Waals surface area contributed by atoms with Gasteiger partial charge in [-0.15, -0.1) is 0 Å². The lowest BCUT2D eigenvalue weighted by Crippen LogP contribution is -2.57. The van der Waals surface area contributed by atoms with Crippen LogP contribution in [0.25, 0.3) is 0 Å². The predicted molar refractivity (Wildman–Crippen MR) is 124 cm³/mol. The third-order valence-electron chi connectivity index (χ3n) is 10.7. The molecule has 0 aromatic heterocycles. The summed E-state index contributed by atoms with van der Waals surface area (Å²) < 4.78 is 5.95. The first-order valence-corrected chi connectivity index (χ1v) is 13.1. The van der Waals surface area contributed by atoms with E-state index in [1.807, 2.05) is 12.1 Å². The quantitative estimate of drug-likeness (QED) is 0.382. The minimum absolute atomic E-state index is 0.0247. The fourth-order valence-corrected chi connectivity index (χ4v) is 9.20. The number of esters is 1. The molecule has 7 fully saturated rings. The van der Waals surface area contributed by atoms with Gasteiger partial charge in [-0.05, 0) is 110 Å². The fourth-order valence-electron chi connectivity index (χ4n) is 9.20. The number of fused-ring (bicyclic) bond motifs is 2. The number of carbonyl (C=O) groups is 2. The molecular weight excluding hydrogens is 396 g/mol. The summed E-state index contributed by atoms with van der Waals surface area (Å²) >= 11 is 0. The molecule has 172 valence electrons. The molecule has 0 aliphatic heterocycles. The Morgan fingerprint density at radius 1 is 0.875 bits per heavy atom. The Labute approximate surface area is 192 Å². The SMILES string of the molecule is C[C@@H]1[C@H]2C[C@@H](C[C@H]1OC(=O)c1ccc(C(=O)CC34CC5CC(CC(C5)C3)C4)cc1)C2(C)C. The molecule has 0 amide bonds. The monoisotopic (exact) mass is 434 g/mol. The minimum atomic E-state index is -0.235. The summed E-state index contributed by atoms with van der Waals surface area (Å²) in [5.74, 6) is 4.37. The molecule has 3 heteroatoms. The minimum Gasteiger partial charge on any atom is -0.458 e. The van der Waals surface area contributed by atoms with Crippen LogP contribution in [0.4, 0.5) is 0 Å². The Morgan fingerprint density at radius 3 is 1.97 bits per heavy atom. The van der Waals surface area contributed by atoms with E-state index in [4.69, 9.17) is 4.74 Å². The van der Waals surface area contributed by atoms with E-state index in [2.05, 4.69) is 20.8 Å². The number of hydrogen-bond donors (Lipinski definition) is 0. The summed E-state index contributed by atoms with van der Waals surface area (Å²) in [5, 5.41) is 0. The molecule has 32 heavy (non-hydrogen) atoms. The fraction of sp³-hybridized carbons (Fsp3) is 0.724. The molecule has 1 aromatic rings. The molecule has 0 heterocycles. The lowest BCUT2D eigenvalue weighted by Gasteiger charge is -2.61. The topological polar surface area (TPSA) is 43.4 Å². The molecule has 0 N–H and O–H groups in total. The van der Waals surface area contributed by atoms with Crippen molar-refractivity contribution in [1.29, 1.82) is 0 Å². The Kier molecular flexibility index (Phi) is 4.69. The van der Waals surface area contributed by atoms with Gasteiger partial charge in [0.2, 0.25) is 0 Å². The van der Waals surface area contributed by atoms with Crippen molar-refractivity contribution in [1.82, 2.24) is 0 Å². The number of ketones is 1. The highest BCUT2D eigenvalue weighted by Gasteiger charge is 2.57. The van der Waals surface area contributed by atoms with Crippen molar-refractivity contribution in [2.45, 2.75) is 84.7 Å². The van der Waals surface area contributed by atoms with Crippen LogP contribution in [0.2, 0.25) is 0 Å². The van der Waals surface area contributed by atoms with Gasteiger partial charge in [-0.1, -0.05) is 32.9 Å². The molecule has 1 aromatic carbocycles. The number of hydrogen-bond acceptors (Lipinski definition) is 3. The first-order chi connectivity index (χ1) is 15.2. The molecule has 0 radical (unpaired) electrons. The number of benzene rings is 1. The van der Waals surface area contributed by atoms with Gasteiger partial charge in [-0.3, -0.25) is 4.79 Å². The second-order valence-corrected chi connectivity index (χ2v) is 13.0. The molecule has 3 nitrogen and oxygen atoms in total. The van der Waals surface area contributed by atoms with Crippen molar-refractivity contribution >= 4 is 11.8 Å². The molecule has 0 spiro atoms. The standard InChI is InChI=1S/C29H38O3/c1-17-24-11-23(28(24,2)3)12-26(17)32-27(31)22-6-4-21(5-7-22)25(30)16-29-13-18-8-19(14-29)10-20(9-18)15-29/h4-7,17-20,23-24,26H,8-16H2,1-3H3/t17-,18?,19?,20?,23+,24-,26-,29?/m1/s1. The first kappa shape index (κ1) is 20.9. The molecule has 6 bridgehead atoms. The zero-order chi connectivity index (χ0) is 22.3. The molecular formula is C29H38O3. The summed E-state index contributed by atoms with van der Waals surface area (Å²) in [4.78, 5) is 26.0. The van der Waals surface area contributed by atoms with Crippen LogP contribution >= 0.6 is 0 Å². The van der Waals surface area contributed by atoms with Crippen LogP contribution in [0.3, 0.4) is 0 Å². The van der Waals surface area contributed by atoms with Gasteiger partial charge in [0.1, 0.15) is 6.10 Å². The van der Waals surface area contributed by atoms with Crippen LogP contribution in [0, 0.1) is 46.3 Å². The third-order valence-corrected chi connectivity index (χ3v) is 10.7. The maximum atomic E-state index is 13.2. The summed E-state index contributed by atoms with van der Waals surface area (Å²) in [7, 11) is 0. The average Bonchev–Trinajstić information content (AvgIpc) is 2.73. The highest BCUT2D eigenvalue weighted by Crippen LogP contribution is 2.62. The highest BCUT2D eigenvalue weighted by atomic mass is 16.5. The maximum absolute atomic E-state index is 13.2. The summed E-state index contributed by atoms with van der Waals surface area (Å²) in [6.45, 7) is 6.96. The number of Topliss-reactive ketones (excluding diaryl/α,β-unsaturated/α-hetero) is 1. The van der Waals surface area contributed by atoms with Gasteiger partial charge < -0.3 is 4.74 Å². The zero-order valence-corrected chi connectivity index (χ0v) is 19.9. The van der Waals surface area contributed by atoms with Gasteiger partial charge in [0.25, 0.3) is 0 Å². The van der Waals surface area contributed by atoms with Gasteiger partial charge in [0.15, 0.2) is 5.78 Å². The second-order valence-electron chi connectivity index (χ2n) is 13.0. The van der Waals surface area contributed by atoms with E-state index in [1.54, 1.807) is 12.1 Å². The van der Waals surface area contributed by atoms with E-state index in [-0.39, 0.29) is 23.3 Å². The number of rotatable bonds is 5. The van der Waals surface area contributed by atoms with Crippen LogP contribution in [0.1, 0.15) is 99.3 Å². The first-order valence-electron chi connectivity index (χ1n) is 13.1. The Hall–Kier alpha value is -1.64. The van der Waals surface area contributed by atoms with Gasteiger partial charge >= 0.3 is 5.97 Å². The molecule has 7 aliphatic carbocycles. The van der Waals surface area contributed by atoms with E-state index >= 15 is 0 Å². The van der Waals surface area contributed by atoms with Crippen LogP contribution in [0.5, 0.6) is 0 Å². The van der Waals surface area contributed by atoms with Crippen molar-refractivity contribution in [2.24, 2.45) is 46.3 Å². The van der Waals surface area contributed by atoms with E-state index in [0.717, 1.165) is 29.7 Å². The van der Waals surface area contributed by atoms with Crippen molar-refractivity contribution in [3.05, 3.63) is 35.4 Å². The van der Waals surface area contributed by atoms with E-state index < -0.39 is 0 Å². The van der Waals surface area contributed by atoms with Crippen LogP contribution in [-0.2, 0) is 4.74 Å². The van der Waals surface area contributed by atoms with Crippen LogP contribution in [-0.4, -0.2) is 17.9 Å². The van der Waals surface area contributed by atoms with Crippen molar-refractivity contribution in [2.75, 3.05) is 0 Å². The molecule has 4 atom stereocenters. The largest absolute Gasteiger partial charge is 0.458 e. The zero-order valence-electron chi connectivity index (χ0n) is 19.9. The van der Waals surface area contributed by atoms with Gasteiger partial charge in [-0.25, -0.2) is 4.79 Å². The Balaban J connectivity index is 1.09. The van der Waals surface area contributed by atoms with E-state index in [1.165, 1.54) is 44.9 Å². The van der Waals surface area contributed by atoms with E-state index in [0.29, 0.717) is 35.2 Å². The van der Waals surface area contributed by atoms with E-state index in [9.17, 15) is 9.59 Å². The lowest BCUT2D eigenvalue weighted by atomic mass is 9.45. The summed E-state index contributed by atoms with van der Waals surface area (Å²) in [6.07, 6.45) is 11.0. The molecule has 0 saturated heterocycles. The summed E-state index contributed by atoms with van der Waals surface area (Å²) in [6, 6.07) is 7.30. The molecule has 0 unspecified atom stereocenters. The van der Waals surface area contributed by atoms with Crippen molar-refractivity contribution in [3.8, 4) is 0 Å². The number of ether oxygens (including phenoxy) is 1. The second kappa shape index (κ2) is 7.18. The van der Waals surface area contributed by atoms with Crippen LogP contribution < -0.4 is 0 Å². The highest BCUT2D eigenvalue weighted by molar-refractivity contribution is 5.98. The molecule has 7 saturated carbocycles. The average molecular weight is 435 g/mol. The van der Waals surface area contributed by atoms with Gasteiger partial charge in [0, 0.05) is 12.0 Å². The van der Waals surface area contributed by atoms with Crippen LogP contribution in [0.15, 0.2) is 24.3 Å². The third kappa shape index (κ3) is 3.29. The maximum Gasteiger partial charge on any atom is 0.338 e. The smallest absolute Gasteiger partial charge is 0.338 e. The predicted octanol–water partition coefficient (Wildman–Crippen LogP) is 6.70. The summed E-state index contributed by atoms with van der Waals surface area (Å²) in [5.41, 5.74) is 1.98. The Morgan fingerprint density at radius 2 is 1.44 bits per heavy atom. The molecule has 7 aliphatic rings. The number of carbonyl (C=O) groups excluding carboxylic acids is 2. The van der Waals surface area contributed by atoms with Gasteiger partial charge in [0.05, 0.1) is 5.56 Å². The molecule has 8 rings (SSSR count). The normalized spacial score (nSPS) is 42.9. The Bertz CT molecular complexity index is 891.